The maximum atomic E-state index is 11.8. The first-order chi connectivity index (χ1) is 7.31. The van der Waals surface area contributed by atoms with Gasteiger partial charge < -0.3 is 14.8 Å². The minimum absolute atomic E-state index is 0.110. The lowest BCUT2D eigenvalue weighted by Crippen LogP contribution is -2.48. The summed E-state index contributed by atoms with van der Waals surface area (Å²) >= 11 is 0. The molecule has 0 aromatic heterocycles. The van der Waals surface area contributed by atoms with Gasteiger partial charge in [-0.25, -0.2) is 0 Å². The Hall–Kier alpha value is -1.55. The fraction of sp³-hybridized carbons (Fsp3) is 0.364. The van der Waals surface area contributed by atoms with Gasteiger partial charge in [-0.2, -0.15) is 0 Å². The molecule has 4 heteroatoms. The summed E-state index contributed by atoms with van der Waals surface area (Å²) in [5.74, 6) is 0.482. The van der Waals surface area contributed by atoms with Crippen molar-refractivity contribution < 1.29 is 14.3 Å². The van der Waals surface area contributed by atoms with Gasteiger partial charge in [0.05, 0.1) is 31.9 Å². The molecule has 0 bridgehead atoms. The molecular weight excluding hydrogens is 194 g/mol. The van der Waals surface area contributed by atoms with Crippen LogP contribution in [0.2, 0.25) is 0 Å². The number of carbonyl (C=O) groups excluding carboxylic acids is 1. The van der Waals surface area contributed by atoms with Crippen molar-refractivity contribution in [2.24, 2.45) is 0 Å². The maximum Gasteiger partial charge on any atom is 0.255 e. The summed E-state index contributed by atoms with van der Waals surface area (Å²) in [7, 11) is 1.55. The monoisotopic (exact) mass is 207 g/mol. The molecule has 15 heavy (non-hydrogen) atoms. The zero-order chi connectivity index (χ0) is 10.7. The van der Waals surface area contributed by atoms with Gasteiger partial charge in [0.25, 0.3) is 5.91 Å². The fourth-order valence-electron chi connectivity index (χ4n) is 1.41. The molecule has 1 aliphatic rings. The molecule has 4 nitrogen and oxygen atoms in total. The van der Waals surface area contributed by atoms with Gasteiger partial charge in [-0.15, -0.1) is 0 Å². The molecule has 1 heterocycles. The van der Waals surface area contributed by atoms with Gasteiger partial charge in [0.1, 0.15) is 5.75 Å². The Morgan fingerprint density at radius 2 is 2.20 bits per heavy atom. The van der Waals surface area contributed by atoms with Crippen LogP contribution in [0.3, 0.4) is 0 Å². The number of benzene rings is 1. The van der Waals surface area contributed by atoms with E-state index in [4.69, 9.17) is 9.47 Å². The van der Waals surface area contributed by atoms with Crippen molar-refractivity contribution in [1.82, 2.24) is 5.32 Å². The highest BCUT2D eigenvalue weighted by Gasteiger charge is 2.22. The first-order valence-electron chi connectivity index (χ1n) is 4.83. The summed E-state index contributed by atoms with van der Waals surface area (Å²) in [6.45, 7) is 1.20. The Balaban J connectivity index is 2.09. The molecule has 1 aromatic carbocycles. The minimum Gasteiger partial charge on any atom is -0.496 e. The molecule has 0 unspecified atom stereocenters. The van der Waals surface area contributed by atoms with Gasteiger partial charge in [-0.1, -0.05) is 12.1 Å². The van der Waals surface area contributed by atoms with E-state index in [-0.39, 0.29) is 11.9 Å². The summed E-state index contributed by atoms with van der Waals surface area (Å²) in [4.78, 5) is 11.8. The highest BCUT2D eigenvalue weighted by molar-refractivity contribution is 5.97. The van der Waals surface area contributed by atoms with Gasteiger partial charge in [0.15, 0.2) is 0 Å². The molecule has 0 aliphatic carbocycles. The second-order valence-corrected chi connectivity index (χ2v) is 3.41. The molecule has 2 rings (SSSR count). The second kappa shape index (κ2) is 4.31. The van der Waals surface area contributed by atoms with Gasteiger partial charge in [0.2, 0.25) is 0 Å². The van der Waals surface area contributed by atoms with E-state index in [0.717, 1.165) is 0 Å². The molecule has 80 valence electrons. The number of carbonyl (C=O) groups is 1. The van der Waals surface area contributed by atoms with E-state index in [1.54, 1.807) is 19.2 Å². The normalized spacial score (nSPS) is 15.5. The molecule has 1 aromatic rings. The van der Waals surface area contributed by atoms with Gasteiger partial charge >= 0.3 is 0 Å². The number of nitrogens with one attached hydrogen (secondary N) is 1. The number of methoxy groups -OCH3 is 1. The van der Waals surface area contributed by atoms with Crippen molar-refractivity contribution in [3.05, 3.63) is 29.8 Å². The third kappa shape index (κ3) is 2.10. The van der Waals surface area contributed by atoms with E-state index in [9.17, 15) is 4.79 Å². The van der Waals surface area contributed by atoms with Crippen LogP contribution in [0.25, 0.3) is 0 Å². The zero-order valence-electron chi connectivity index (χ0n) is 8.53. The van der Waals surface area contributed by atoms with Crippen LogP contribution in [-0.4, -0.2) is 32.3 Å². The lowest BCUT2D eigenvalue weighted by Gasteiger charge is -2.27. The maximum absolute atomic E-state index is 11.8. The molecule has 1 aliphatic heterocycles. The van der Waals surface area contributed by atoms with Gasteiger partial charge in [-0.3, -0.25) is 4.79 Å². The van der Waals surface area contributed by atoms with Crippen LogP contribution < -0.4 is 10.1 Å². The Labute approximate surface area is 88.2 Å². The Kier molecular flexibility index (Phi) is 2.87. The molecule has 1 saturated heterocycles. The van der Waals surface area contributed by atoms with E-state index in [2.05, 4.69) is 5.32 Å². The molecule has 0 saturated carbocycles. The first-order valence-corrected chi connectivity index (χ1v) is 4.83. The van der Waals surface area contributed by atoms with E-state index >= 15 is 0 Å². The van der Waals surface area contributed by atoms with Crippen molar-refractivity contribution in [2.45, 2.75) is 6.04 Å². The van der Waals surface area contributed by atoms with Crippen molar-refractivity contribution in [1.29, 1.82) is 0 Å². The predicted molar refractivity (Wildman–Crippen MR) is 55.1 cm³/mol. The van der Waals surface area contributed by atoms with Crippen LogP contribution in [0, 0.1) is 0 Å². The topological polar surface area (TPSA) is 47.6 Å². The molecular formula is C11H13NO3. The molecule has 0 atom stereocenters. The number of ether oxygens (including phenoxy) is 2. The summed E-state index contributed by atoms with van der Waals surface area (Å²) in [5, 5.41) is 2.86. The van der Waals surface area contributed by atoms with E-state index < -0.39 is 0 Å². The second-order valence-electron chi connectivity index (χ2n) is 3.41. The standard InChI is InChI=1S/C11H13NO3/c1-14-10-5-3-2-4-9(10)11(13)12-8-6-15-7-8/h2-5,8H,6-7H2,1H3,(H,12,13). The number of hydrogen-bond donors (Lipinski definition) is 1. The van der Waals surface area contributed by atoms with Crippen LogP contribution in [0.5, 0.6) is 5.75 Å². The van der Waals surface area contributed by atoms with Crippen LogP contribution in [0.15, 0.2) is 24.3 Å². The van der Waals surface area contributed by atoms with Crippen LogP contribution in [0.4, 0.5) is 0 Å². The van der Waals surface area contributed by atoms with Crippen molar-refractivity contribution >= 4 is 5.91 Å². The Bertz CT molecular complexity index is 361. The quantitative estimate of drug-likeness (QED) is 0.798. The van der Waals surface area contributed by atoms with Crippen LogP contribution in [-0.2, 0) is 4.74 Å². The van der Waals surface area contributed by atoms with E-state index in [1.165, 1.54) is 0 Å². The number of amides is 1. The molecule has 0 spiro atoms. The smallest absolute Gasteiger partial charge is 0.255 e. The summed E-state index contributed by atoms with van der Waals surface area (Å²) in [6, 6.07) is 7.30. The average Bonchev–Trinajstić information content (AvgIpc) is 2.23. The highest BCUT2D eigenvalue weighted by Crippen LogP contribution is 2.17. The molecule has 0 radical (unpaired) electrons. The number of rotatable bonds is 3. The summed E-state index contributed by atoms with van der Waals surface area (Å²) in [5.41, 5.74) is 0.562. The van der Waals surface area contributed by atoms with E-state index in [1.807, 2.05) is 12.1 Å². The molecule has 1 fully saturated rings. The van der Waals surface area contributed by atoms with Gasteiger partial charge in [0, 0.05) is 0 Å². The van der Waals surface area contributed by atoms with E-state index in [0.29, 0.717) is 24.5 Å². The summed E-state index contributed by atoms with van der Waals surface area (Å²) < 4.78 is 10.1. The van der Waals surface area contributed by atoms with Crippen LogP contribution >= 0.6 is 0 Å². The third-order valence-corrected chi connectivity index (χ3v) is 2.32. The fourth-order valence-corrected chi connectivity index (χ4v) is 1.41. The van der Waals surface area contributed by atoms with Crippen molar-refractivity contribution in [3.8, 4) is 5.75 Å². The highest BCUT2D eigenvalue weighted by atomic mass is 16.5. The predicted octanol–water partition coefficient (Wildman–Crippen LogP) is 0.824. The molecule has 1 N–H and O–H groups in total. The lowest BCUT2D eigenvalue weighted by molar-refractivity contribution is -0.00350. The Morgan fingerprint density at radius 3 is 2.80 bits per heavy atom. The zero-order valence-corrected chi connectivity index (χ0v) is 8.53. The van der Waals surface area contributed by atoms with Crippen LogP contribution in [0.1, 0.15) is 10.4 Å². The summed E-state index contributed by atoms with van der Waals surface area (Å²) in [6.07, 6.45) is 0. The van der Waals surface area contributed by atoms with Gasteiger partial charge in [-0.05, 0) is 12.1 Å². The Morgan fingerprint density at radius 1 is 1.47 bits per heavy atom. The van der Waals surface area contributed by atoms with Crippen molar-refractivity contribution in [2.75, 3.05) is 20.3 Å². The minimum atomic E-state index is -0.110. The number of para-hydroxylation sites is 1. The van der Waals surface area contributed by atoms with Crippen molar-refractivity contribution in [3.63, 3.8) is 0 Å². The number of hydrogen-bond acceptors (Lipinski definition) is 3. The largest absolute Gasteiger partial charge is 0.496 e. The SMILES string of the molecule is COc1ccccc1C(=O)NC1COC1. The first kappa shape index (κ1) is 9.98. The lowest BCUT2D eigenvalue weighted by atomic mass is 10.1. The third-order valence-electron chi connectivity index (χ3n) is 2.32. The molecule has 1 amide bonds. The average molecular weight is 207 g/mol.